The smallest absolute Gasteiger partial charge is 0.253 e. The second-order valence-corrected chi connectivity index (χ2v) is 6.42. The van der Waals surface area contributed by atoms with Gasteiger partial charge in [-0.3, -0.25) is 4.79 Å². The van der Waals surface area contributed by atoms with E-state index < -0.39 is 6.10 Å². The summed E-state index contributed by atoms with van der Waals surface area (Å²) in [6.07, 6.45) is 5.28. The monoisotopic (exact) mass is 356 g/mol. The summed E-state index contributed by atoms with van der Waals surface area (Å²) >= 11 is 0. The Bertz CT molecular complexity index is 576. The SMILES string of the molecule is CCC(OC1CCCC1)C(=O)Nc1ccc2c(c1F)CCNC2.Cl. The van der Waals surface area contributed by atoms with Crippen LogP contribution in [0.1, 0.15) is 50.2 Å². The molecule has 1 aliphatic heterocycles. The number of halogens is 2. The number of carbonyl (C=O) groups is 1. The van der Waals surface area contributed by atoms with E-state index in [4.69, 9.17) is 4.74 Å². The van der Waals surface area contributed by atoms with E-state index in [9.17, 15) is 9.18 Å². The normalized spacial score (nSPS) is 18.6. The number of benzene rings is 1. The third kappa shape index (κ3) is 4.26. The highest BCUT2D eigenvalue weighted by Crippen LogP contribution is 2.26. The number of rotatable bonds is 5. The number of fused-ring (bicyclic) bond motifs is 1. The van der Waals surface area contributed by atoms with E-state index >= 15 is 0 Å². The molecule has 1 amide bonds. The molecule has 2 N–H and O–H groups in total. The van der Waals surface area contributed by atoms with Crippen LogP contribution in [-0.4, -0.2) is 24.7 Å². The lowest BCUT2D eigenvalue weighted by atomic mass is 9.99. The Hall–Kier alpha value is -1.17. The van der Waals surface area contributed by atoms with Crippen LogP contribution >= 0.6 is 12.4 Å². The van der Waals surface area contributed by atoms with Crippen LogP contribution in [0.4, 0.5) is 10.1 Å². The van der Waals surface area contributed by atoms with E-state index in [1.165, 1.54) is 0 Å². The minimum atomic E-state index is -0.504. The molecule has 1 heterocycles. The standard InChI is InChI=1S/C18H25FN2O2.ClH/c1-2-16(23-13-5-3-4-6-13)18(22)21-15-8-7-12-11-20-10-9-14(12)17(15)19;/h7-8,13,16,20H,2-6,9-11H2,1H3,(H,21,22);1H. The molecule has 1 aromatic carbocycles. The third-order valence-corrected chi connectivity index (χ3v) is 4.79. The molecule has 1 aliphatic carbocycles. The van der Waals surface area contributed by atoms with Gasteiger partial charge in [0.1, 0.15) is 11.9 Å². The largest absolute Gasteiger partial charge is 0.365 e. The number of carbonyl (C=O) groups excluding carboxylic acids is 1. The summed E-state index contributed by atoms with van der Waals surface area (Å²) in [5.74, 6) is -0.541. The number of hydrogen-bond donors (Lipinski definition) is 2. The fraction of sp³-hybridized carbons (Fsp3) is 0.611. The van der Waals surface area contributed by atoms with Crippen LogP contribution in [0, 0.1) is 5.82 Å². The zero-order valence-corrected chi connectivity index (χ0v) is 14.9. The molecule has 2 aliphatic rings. The van der Waals surface area contributed by atoms with Gasteiger partial charge in [-0.2, -0.15) is 0 Å². The predicted octanol–water partition coefficient (Wildman–Crippen LogP) is 3.57. The minimum absolute atomic E-state index is 0. The Labute approximate surface area is 148 Å². The van der Waals surface area contributed by atoms with Gasteiger partial charge in [0.15, 0.2) is 0 Å². The van der Waals surface area contributed by atoms with Crippen molar-refractivity contribution in [3.8, 4) is 0 Å². The van der Waals surface area contributed by atoms with Crippen LogP contribution in [0.5, 0.6) is 0 Å². The van der Waals surface area contributed by atoms with Crippen molar-refractivity contribution < 1.29 is 13.9 Å². The second-order valence-electron chi connectivity index (χ2n) is 6.42. The molecule has 1 atom stereocenters. The van der Waals surface area contributed by atoms with Crippen molar-refractivity contribution in [1.29, 1.82) is 0 Å². The van der Waals surface area contributed by atoms with E-state index in [-0.39, 0.29) is 35.9 Å². The lowest BCUT2D eigenvalue weighted by molar-refractivity contribution is -0.131. The fourth-order valence-corrected chi connectivity index (χ4v) is 3.44. The summed E-state index contributed by atoms with van der Waals surface area (Å²) in [5, 5.41) is 5.95. The van der Waals surface area contributed by atoms with Gasteiger partial charge >= 0.3 is 0 Å². The average molecular weight is 357 g/mol. The predicted molar refractivity (Wildman–Crippen MR) is 95.1 cm³/mol. The minimum Gasteiger partial charge on any atom is -0.365 e. The van der Waals surface area contributed by atoms with Crippen LogP contribution in [0.2, 0.25) is 0 Å². The molecule has 6 heteroatoms. The van der Waals surface area contributed by atoms with Gasteiger partial charge in [0.25, 0.3) is 5.91 Å². The second kappa shape index (κ2) is 8.79. The van der Waals surface area contributed by atoms with Crippen molar-refractivity contribution in [2.75, 3.05) is 11.9 Å². The molecule has 3 rings (SSSR count). The Morgan fingerprint density at radius 2 is 2.17 bits per heavy atom. The van der Waals surface area contributed by atoms with Gasteiger partial charge in [0.05, 0.1) is 11.8 Å². The van der Waals surface area contributed by atoms with Crippen LogP contribution in [0.25, 0.3) is 0 Å². The van der Waals surface area contributed by atoms with E-state index in [1.807, 2.05) is 13.0 Å². The van der Waals surface area contributed by atoms with Crippen LogP contribution in [0.3, 0.4) is 0 Å². The van der Waals surface area contributed by atoms with Gasteiger partial charge < -0.3 is 15.4 Å². The maximum atomic E-state index is 14.6. The Morgan fingerprint density at radius 1 is 1.42 bits per heavy atom. The molecule has 0 saturated heterocycles. The maximum Gasteiger partial charge on any atom is 0.253 e. The Morgan fingerprint density at radius 3 is 2.88 bits per heavy atom. The highest BCUT2D eigenvalue weighted by molar-refractivity contribution is 5.94. The van der Waals surface area contributed by atoms with Gasteiger partial charge in [0.2, 0.25) is 0 Å². The van der Waals surface area contributed by atoms with Gasteiger partial charge in [0, 0.05) is 6.54 Å². The molecule has 0 aromatic heterocycles. The van der Waals surface area contributed by atoms with E-state index in [1.54, 1.807) is 6.07 Å². The van der Waals surface area contributed by atoms with Crippen LogP contribution in [-0.2, 0) is 22.5 Å². The summed E-state index contributed by atoms with van der Waals surface area (Å²) in [5.41, 5.74) is 1.96. The number of hydrogen-bond acceptors (Lipinski definition) is 3. The van der Waals surface area contributed by atoms with Crippen molar-refractivity contribution in [2.45, 2.75) is 64.2 Å². The van der Waals surface area contributed by atoms with Crippen molar-refractivity contribution in [3.63, 3.8) is 0 Å². The van der Waals surface area contributed by atoms with Crippen molar-refractivity contribution in [2.24, 2.45) is 0 Å². The number of anilines is 1. The topological polar surface area (TPSA) is 50.4 Å². The first-order valence-electron chi connectivity index (χ1n) is 8.66. The molecule has 1 unspecified atom stereocenters. The molecule has 1 aromatic rings. The summed E-state index contributed by atoms with van der Waals surface area (Å²) in [4.78, 5) is 12.4. The first-order valence-corrected chi connectivity index (χ1v) is 8.66. The van der Waals surface area contributed by atoms with E-state index in [0.29, 0.717) is 24.9 Å². The summed E-state index contributed by atoms with van der Waals surface area (Å²) < 4.78 is 20.5. The molecular weight excluding hydrogens is 331 g/mol. The number of amides is 1. The van der Waals surface area contributed by atoms with Gasteiger partial charge in [-0.25, -0.2) is 4.39 Å². The molecule has 134 valence electrons. The van der Waals surface area contributed by atoms with Crippen molar-refractivity contribution in [3.05, 3.63) is 29.1 Å². The zero-order chi connectivity index (χ0) is 16.2. The summed E-state index contributed by atoms with van der Waals surface area (Å²) in [6, 6.07) is 3.54. The highest BCUT2D eigenvalue weighted by Gasteiger charge is 2.25. The summed E-state index contributed by atoms with van der Waals surface area (Å²) in [7, 11) is 0. The molecule has 0 spiro atoms. The van der Waals surface area contributed by atoms with Crippen molar-refractivity contribution in [1.82, 2.24) is 5.32 Å². The quantitative estimate of drug-likeness (QED) is 0.848. The van der Waals surface area contributed by atoms with Gasteiger partial charge in [-0.05, 0) is 49.4 Å². The molecule has 1 fully saturated rings. The number of ether oxygens (including phenoxy) is 1. The molecule has 1 saturated carbocycles. The molecule has 0 radical (unpaired) electrons. The van der Waals surface area contributed by atoms with E-state index in [2.05, 4.69) is 10.6 Å². The lowest BCUT2D eigenvalue weighted by Crippen LogP contribution is -2.33. The third-order valence-electron chi connectivity index (χ3n) is 4.79. The molecular formula is C18H26ClFN2O2. The molecule has 4 nitrogen and oxygen atoms in total. The zero-order valence-electron chi connectivity index (χ0n) is 14.1. The highest BCUT2D eigenvalue weighted by atomic mass is 35.5. The van der Waals surface area contributed by atoms with Gasteiger partial charge in [-0.15, -0.1) is 12.4 Å². The van der Waals surface area contributed by atoms with Gasteiger partial charge in [-0.1, -0.05) is 25.8 Å². The average Bonchev–Trinajstić information content (AvgIpc) is 3.08. The van der Waals surface area contributed by atoms with Crippen LogP contribution < -0.4 is 10.6 Å². The fourth-order valence-electron chi connectivity index (χ4n) is 3.44. The summed E-state index contributed by atoms with van der Waals surface area (Å²) in [6.45, 7) is 3.38. The van der Waals surface area contributed by atoms with E-state index in [0.717, 1.165) is 37.8 Å². The molecule has 0 bridgehead atoms. The first kappa shape index (κ1) is 19.2. The first-order chi connectivity index (χ1) is 11.2. The Kier molecular flexibility index (Phi) is 7.02. The van der Waals surface area contributed by atoms with Crippen LogP contribution in [0.15, 0.2) is 12.1 Å². The molecule has 24 heavy (non-hydrogen) atoms. The Balaban J connectivity index is 0.00000208. The maximum absolute atomic E-state index is 14.6. The number of nitrogens with one attached hydrogen (secondary N) is 2. The lowest BCUT2D eigenvalue weighted by Gasteiger charge is -2.22. The van der Waals surface area contributed by atoms with Crippen molar-refractivity contribution >= 4 is 24.0 Å².